The van der Waals surface area contributed by atoms with E-state index in [4.69, 9.17) is 9.84 Å². The summed E-state index contributed by atoms with van der Waals surface area (Å²) in [6.45, 7) is 9.41. The van der Waals surface area contributed by atoms with Gasteiger partial charge < -0.3 is 40.7 Å². The molecule has 8 N–H and O–H groups in total. The molecule has 2 amide bonds. The highest BCUT2D eigenvalue weighted by Crippen LogP contribution is 2.48. The van der Waals surface area contributed by atoms with Crippen LogP contribution in [0, 0.1) is 11.8 Å². The van der Waals surface area contributed by atoms with E-state index in [1.165, 1.54) is 0 Å². The molecule has 87 heavy (non-hydrogen) atoms. The van der Waals surface area contributed by atoms with Crippen LogP contribution in [0.15, 0.2) is 120 Å². The first-order valence-electron chi connectivity index (χ1n) is 29.0. The Kier molecular flexibility index (Phi) is 23.7. The van der Waals surface area contributed by atoms with Crippen LogP contribution >= 0.6 is 0 Å². The highest BCUT2D eigenvalue weighted by atomic mass is 32.2. The number of nitrogens with one attached hydrogen (secondary N) is 2. The number of aliphatic carboxylic acids is 4. The molecule has 24 heteroatoms. The summed E-state index contributed by atoms with van der Waals surface area (Å²) < 4.78 is 74.5. The molecule has 6 rings (SSSR count). The van der Waals surface area contributed by atoms with E-state index in [1.54, 1.807) is 24.3 Å². The number of fused-ring (bicyclic) bond motifs is 2. The van der Waals surface area contributed by atoms with Crippen molar-refractivity contribution in [3.8, 4) is 5.75 Å². The van der Waals surface area contributed by atoms with Crippen molar-refractivity contribution in [1.29, 1.82) is 0 Å². The molecule has 1 aliphatic carbocycles. The van der Waals surface area contributed by atoms with Gasteiger partial charge in [-0.05, 0) is 124 Å². The van der Waals surface area contributed by atoms with E-state index in [2.05, 4.69) is 72.1 Å². The van der Waals surface area contributed by atoms with Crippen molar-refractivity contribution in [2.24, 2.45) is 11.8 Å². The third kappa shape index (κ3) is 19.6. The largest absolute Gasteiger partial charge is 0.481 e. The molecule has 2 heterocycles. The number of carbonyl (C=O) groups excluding carboxylic acids is 3. The van der Waals surface area contributed by atoms with Crippen LogP contribution in [0.5, 0.6) is 5.75 Å². The second kappa shape index (κ2) is 30.2. The van der Waals surface area contributed by atoms with Crippen LogP contribution < -0.4 is 20.3 Å². The average Bonchev–Trinajstić information content (AvgIpc) is 1.62. The van der Waals surface area contributed by atoms with Gasteiger partial charge in [-0.1, -0.05) is 68.5 Å². The Labute approximate surface area is 507 Å². The molecule has 0 saturated carbocycles. The van der Waals surface area contributed by atoms with Crippen LogP contribution in [-0.2, 0) is 66.3 Å². The van der Waals surface area contributed by atoms with Crippen molar-refractivity contribution < 1.29 is 89.2 Å². The van der Waals surface area contributed by atoms with Crippen molar-refractivity contribution in [2.45, 2.75) is 141 Å². The number of amides is 2. The maximum absolute atomic E-state index is 13.4. The zero-order valence-corrected chi connectivity index (χ0v) is 51.0. The molecule has 3 atom stereocenters. The van der Waals surface area contributed by atoms with Gasteiger partial charge in [0, 0.05) is 86.1 Å². The molecule has 0 bridgehead atoms. The predicted molar refractivity (Wildman–Crippen MR) is 325 cm³/mol. The van der Waals surface area contributed by atoms with Crippen LogP contribution in [0.3, 0.4) is 0 Å². The van der Waals surface area contributed by atoms with Crippen LogP contribution in [0.1, 0.15) is 134 Å². The Morgan fingerprint density at radius 2 is 1.30 bits per heavy atom. The number of para-hydroxylation sites is 2. The van der Waals surface area contributed by atoms with Crippen LogP contribution in [0.4, 0.5) is 16.2 Å². The molecule has 3 aromatic rings. The van der Waals surface area contributed by atoms with Crippen molar-refractivity contribution in [3.63, 3.8) is 0 Å². The molecule has 2 aliphatic heterocycles. The molecule has 0 aromatic heterocycles. The van der Waals surface area contributed by atoms with Gasteiger partial charge in [0.2, 0.25) is 5.69 Å². The fraction of sp³-hybridized carbons (Fsp3) is 0.460. The van der Waals surface area contributed by atoms with E-state index in [-0.39, 0.29) is 50.2 Å². The summed E-state index contributed by atoms with van der Waals surface area (Å²) in [6, 6.07) is 20.3. The van der Waals surface area contributed by atoms with Gasteiger partial charge in [0.05, 0.1) is 28.8 Å². The first-order chi connectivity index (χ1) is 40.9. The Bertz CT molecular complexity index is 3470. The monoisotopic (exact) mass is 1240 g/mol. The number of hydrogen-bond acceptors (Lipinski definition) is 13. The van der Waals surface area contributed by atoms with Gasteiger partial charge in [-0.2, -0.15) is 21.4 Å². The molecule has 3 aliphatic rings. The zero-order valence-electron chi connectivity index (χ0n) is 49.4. The van der Waals surface area contributed by atoms with Crippen LogP contribution in [-0.4, -0.2) is 135 Å². The summed E-state index contributed by atoms with van der Waals surface area (Å²) >= 11 is 0. The maximum Gasteiger partial charge on any atom is 0.326 e. The number of urea groups is 1. The lowest BCUT2D eigenvalue weighted by Gasteiger charge is -2.27. The van der Waals surface area contributed by atoms with Gasteiger partial charge in [-0.15, -0.1) is 0 Å². The normalized spacial score (nSPS) is 17.4. The second-order valence-electron chi connectivity index (χ2n) is 23.3. The maximum atomic E-state index is 13.4. The molecule has 22 nitrogen and oxygen atoms in total. The molecule has 1 unspecified atom stereocenters. The van der Waals surface area contributed by atoms with E-state index in [1.807, 2.05) is 48.6 Å². The lowest BCUT2D eigenvalue weighted by atomic mass is 9.81. The summed E-state index contributed by atoms with van der Waals surface area (Å²) in [5.41, 5.74) is 7.40. The average molecular weight is 1240 g/mol. The standard InChI is InChI=1S/C63H78N4O18S2/c1-62(2)49-17-5-7-19-52(49)66(33-9-11-35-86(79,80)81)54(62)30-24-42-15-13-16-43(25-31-55-63(3,4)50-18-6-8-20-53(50)67(55)34-10-12-36-87(82,83)84)57(42)85-48-27-22-41(23-28-48)37-44(58(72)73)39-47(69)40-45(59(74)75)38-46(68)26-29-51(60(76)77)65-61(78)64-32-14-21-56(70)71/h5-8,17-20,22-25,27-28,30-31,44-45,51H,9-16,21,26,29,32-40H2,1-4H3,(H7-,64,65,70,71,72,73,74,75,76,77,78,79,80,81,82,83,84)/p+1/t44?,45-,51-/m0/s1. The zero-order chi connectivity index (χ0) is 63.9. The minimum atomic E-state index is -4.15. The molecular weight excluding hydrogens is 1160 g/mol. The first kappa shape index (κ1) is 68.3. The number of ketones is 2. The van der Waals surface area contributed by atoms with Gasteiger partial charge in [0.1, 0.15) is 35.7 Å². The number of carboxylic acid groups (broad SMARTS) is 4. The minimum absolute atomic E-state index is 0.0558. The smallest absolute Gasteiger partial charge is 0.326 e. The lowest BCUT2D eigenvalue weighted by Crippen LogP contribution is -2.46. The number of benzene rings is 3. The molecule has 0 saturated heterocycles. The van der Waals surface area contributed by atoms with Gasteiger partial charge >= 0.3 is 29.9 Å². The van der Waals surface area contributed by atoms with Crippen molar-refractivity contribution >= 4 is 78.8 Å². The molecule has 0 fully saturated rings. The number of hydrogen-bond donors (Lipinski definition) is 8. The number of anilines is 1. The second-order valence-corrected chi connectivity index (χ2v) is 26.4. The Hall–Kier alpha value is -7.80. The predicted octanol–water partition coefficient (Wildman–Crippen LogP) is 8.73. The number of rotatable bonds is 34. The third-order valence-corrected chi connectivity index (χ3v) is 17.6. The van der Waals surface area contributed by atoms with Gasteiger partial charge in [0.25, 0.3) is 20.2 Å². The quantitative estimate of drug-likeness (QED) is 0.0157. The van der Waals surface area contributed by atoms with E-state index in [9.17, 15) is 74.8 Å². The number of allylic oxidation sites excluding steroid dienone is 7. The lowest BCUT2D eigenvalue weighted by molar-refractivity contribution is -0.438. The summed E-state index contributed by atoms with van der Waals surface area (Å²) in [6.07, 6.45) is 8.67. The van der Waals surface area contributed by atoms with Gasteiger partial charge in [-0.3, -0.25) is 33.1 Å². The first-order valence-corrected chi connectivity index (χ1v) is 32.3. The van der Waals surface area contributed by atoms with E-state index in [0.29, 0.717) is 55.8 Å². The number of carbonyl (C=O) groups is 7. The Morgan fingerprint density at radius 1 is 0.678 bits per heavy atom. The molecule has 3 aromatic carbocycles. The molecule has 470 valence electrons. The van der Waals surface area contributed by atoms with Crippen molar-refractivity contribution in [1.82, 2.24) is 10.6 Å². The van der Waals surface area contributed by atoms with Gasteiger partial charge in [-0.25, -0.2) is 9.59 Å². The van der Waals surface area contributed by atoms with Crippen LogP contribution in [0.2, 0.25) is 0 Å². The molecule has 0 spiro atoms. The van der Waals surface area contributed by atoms with E-state index in [0.717, 1.165) is 51.5 Å². The number of nitrogens with zero attached hydrogens (tertiary/aromatic N) is 2. The fourth-order valence-corrected chi connectivity index (χ4v) is 12.5. The van der Waals surface area contributed by atoms with Gasteiger partial charge in [0.15, 0.2) is 5.71 Å². The highest BCUT2D eigenvalue weighted by molar-refractivity contribution is 7.86. The van der Waals surface area contributed by atoms with E-state index >= 15 is 0 Å². The van der Waals surface area contributed by atoms with Crippen molar-refractivity contribution in [2.75, 3.05) is 36.0 Å². The topological polar surface area (TPSA) is 349 Å². The van der Waals surface area contributed by atoms with Crippen molar-refractivity contribution in [3.05, 3.63) is 136 Å². The highest BCUT2D eigenvalue weighted by Gasteiger charge is 2.44. The molecular formula is C63H79N4O18S2+. The summed E-state index contributed by atoms with van der Waals surface area (Å²) in [4.78, 5) is 88.1. The third-order valence-electron chi connectivity index (χ3n) is 15.9. The molecule has 0 radical (unpaired) electrons. The fourth-order valence-electron chi connectivity index (χ4n) is 11.4. The Balaban J connectivity index is 1.25. The summed E-state index contributed by atoms with van der Waals surface area (Å²) in [5, 5.41) is 43.1. The number of ether oxygens (including phenoxy) is 1. The number of unbranched alkanes of at least 4 members (excludes halogenated alkanes) is 2. The van der Waals surface area contributed by atoms with Crippen LogP contribution in [0.25, 0.3) is 0 Å². The SMILES string of the molecule is CC1(C)C(=CC=C2CCCC(C=CC3=[N+](CCCCS(=O)(=O)O)c4ccccc4C3(C)C)=C2Oc2ccc(CC(CC(=O)C[C@H](CC(=O)CC[C@H](NC(=O)NCCCC(=O)O)C(=O)O)C(=O)O)C(=O)O)cc2)N(CCCCS(=O)(=O)O)c2ccccc21. The van der Waals surface area contributed by atoms with E-state index < -0.39 is 123 Å². The summed E-state index contributed by atoms with van der Waals surface area (Å²) in [5.74, 6) is -9.34. The number of Topliss-reactive ketones (excluding diaryl/α,β-unsaturated/α-hetero) is 2. The Morgan fingerprint density at radius 3 is 1.94 bits per heavy atom. The minimum Gasteiger partial charge on any atom is -0.481 e. The summed E-state index contributed by atoms with van der Waals surface area (Å²) in [7, 11) is -8.29. The number of carboxylic acids is 4.